The van der Waals surface area contributed by atoms with Crippen molar-refractivity contribution in [3.8, 4) is 11.5 Å². The van der Waals surface area contributed by atoms with Gasteiger partial charge in [-0.1, -0.05) is 6.07 Å². The average molecular weight is 152 g/mol. The summed E-state index contributed by atoms with van der Waals surface area (Å²) in [4.78, 5) is 0. The zero-order valence-corrected chi connectivity index (χ0v) is 6.33. The molecule has 0 saturated carbocycles. The summed E-state index contributed by atoms with van der Waals surface area (Å²) >= 11 is 0. The minimum atomic E-state index is -0.107. The second kappa shape index (κ2) is 3.25. The lowest BCUT2D eigenvalue weighted by molar-refractivity contribution is 0.315. The molecular formula is C8H10NO2. The number of hydrogen-bond acceptors (Lipinski definition) is 2. The predicted molar refractivity (Wildman–Crippen MR) is 41.0 cm³/mol. The Morgan fingerprint density at radius 3 is 2.82 bits per heavy atom. The van der Waals surface area contributed by atoms with Crippen molar-refractivity contribution < 1.29 is 9.84 Å². The molecule has 0 spiro atoms. The first kappa shape index (κ1) is 7.88. The molecule has 59 valence electrons. The van der Waals surface area contributed by atoms with Crippen LogP contribution in [-0.2, 0) is 11.7 Å². The maximum Gasteiger partial charge on any atom is 0.220 e. The van der Waals surface area contributed by atoms with Gasteiger partial charge in [0.05, 0.1) is 7.11 Å². The lowest BCUT2D eigenvalue weighted by atomic mass is 10.2. The molecule has 0 unspecified atom stereocenters. The van der Waals surface area contributed by atoms with Gasteiger partial charge in [-0.05, 0) is 17.7 Å². The number of benzene rings is 1. The summed E-state index contributed by atoms with van der Waals surface area (Å²) < 4.78 is 4.82. The summed E-state index contributed by atoms with van der Waals surface area (Å²) in [6, 6.07) is 4.81. The van der Waals surface area contributed by atoms with Gasteiger partial charge in [0.1, 0.15) is 0 Å². The van der Waals surface area contributed by atoms with Gasteiger partial charge in [0.15, 0.2) is 5.75 Å². The Morgan fingerprint density at radius 2 is 2.27 bits per heavy atom. The summed E-state index contributed by atoms with van der Waals surface area (Å²) in [5.74, 6) is 0.248. The molecular weight excluding hydrogens is 142 g/mol. The van der Waals surface area contributed by atoms with Gasteiger partial charge in [-0.2, -0.15) is 0 Å². The smallest absolute Gasteiger partial charge is 0.220 e. The van der Waals surface area contributed by atoms with Crippen molar-refractivity contribution in [2.75, 3.05) is 7.11 Å². The molecule has 1 aromatic carbocycles. The van der Waals surface area contributed by atoms with Crippen LogP contribution in [0.15, 0.2) is 18.2 Å². The Morgan fingerprint density at radius 1 is 1.55 bits per heavy atom. The zero-order chi connectivity index (χ0) is 8.27. The quantitative estimate of drug-likeness (QED) is 0.694. The predicted octanol–water partition coefficient (Wildman–Crippen LogP) is 1.30. The minimum Gasteiger partial charge on any atom is -0.493 e. The molecule has 0 saturated heterocycles. The summed E-state index contributed by atoms with van der Waals surface area (Å²) in [5, 5.41) is 11.0. The average Bonchev–Trinajstić information content (AvgIpc) is 2.05. The van der Waals surface area contributed by atoms with Crippen molar-refractivity contribution in [3.05, 3.63) is 23.8 Å². The zero-order valence-electron chi connectivity index (χ0n) is 6.33. The topological polar surface area (TPSA) is 55.1 Å². The van der Waals surface area contributed by atoms with Crippen LogP contribution in [0.5, 0.6) is 11.5 Å². The van der Waals surface area contributed by atoms with Crippen LogP contribution in [0.4, 0.5) is 0 Å². The van der Waals surface area contributed by atoms with Gasteiger partial charge >= 0.3 is 0 Å². The van der Waals surface area contributed by atoms with E-state index in [1.165, 1.54) is 13.2 Å². The van der Waals surface area contributed by atoms with Crippen LogP contribution in [0.25, 0.3) is 0 Å². The molecule has 11 heavy (non-hydrogen) atoms. The van der Waals surface area contributed by atoms with E-state index in [0.29, 0.717) is 12.3 Å². The van der Waals surface area contributed by atoms with Gasteiger partial charge in [-0.25, -0.2) is 0 Å². The SMILES string of the molecule is COc1cc(CN)ccc1[O]. The first-order valence-corrected chi connectivity index (χ1v) is 3.32. The molecule has 0 heterocycles. The molecule has 0 fully saturated rings. The Kier molecular flexibility index (Phi) is 2.33. The van der Waals surface area contributed by atoms with E-state index in [9.17, 15) is 5.11 Å². The van der Waals surface area contributed by atoms with Gasteiger partial charge in [0.2, 0.25) is 5.75 Å². The van der Waals surface area contributed by atoms with Crippen molar-refractivity contribution in [1.82, 2.24) is 0 Å². The van der Waals surface area contributed by atoms with Crippen LogP contribution in [0.3, 0.4) is 0 Å². The van der Waals surface area contributed by atoms with Gasteiger partial charge in [-0.15, -0.1) is 0 Å². The second-order valence-electron chi connectivity index (χ2n) is 2.19. The van der Waals surface area contributed by atoms with E-state index in [1.807, 2.05) is 0 Å². The first-order chi connectivity index (χ1) is 5.27. The Labute approximate surface area is 65.4 Å². The molecule has 0 atom stereocenters. The van der Waals surface area contributed by atoms with Crippen LogP contribution < -0.4 is 10.5 Å². The largest absolute Gasteiger partial charge is 0.493 e. The first-order valence-electron chi connectivity index (χ1n) is 3.32. The van der Waals surface area contributed by atoms with E-state index < -0.39 is 0 Å². The van der Waals surface area contributed by atoms with Crippen molar-refractivity contribution in [2.24, 2.45) is 5.73 Å². The van der Waals surface area contributed by atoms with E-state index in [2.05, 4.69) is 0 Å². The van der Waals surface area contributed by atoms with Gasteiger partial charge in [0.25, 0.3) is 0 Å². The molecule has 0 amide bonds. The van der Waals surface area contributed by atoms with Crippen LogP contribution >= 0.6 is 0 Å². The maximum atomic E-state index is 11.0. The Bertz CT molecular complexity index is 248. The third-order valence-corrected chi connectivity index (χ3v) is 1.46. The number of ether oxygens (including phenoxy) is 1. The normalized spacial score (nSPS) is 9.64. The fourth-order valence-corrected chi connectivity index (χ4v) is 0.839. The molecule has 3 nitrogen and oxygen atoms in total. The number of nitrogens with two attached hydrogens (primary N) is 1. The second-order valence-corrected chi connectivity index (χ2v) is 2.19. The molecule has 1 rings (SSSR count). The van der Waals surface area contributed by atoms with Crippen molar-refractivity contribution in [1.29, 1.82) is 0 Å². The Balaban J connectivity index is 3.02. The maximum absolute atomic E-state index is 11.0. The molecule has 0 aromatic heterocycles. The summed E-state index contributed by atoms with van der Waals surface area (Å²) in [7, 11) is 1.47. The molecule has 2 N–H and O–H groups in total. The third kappa shape index (κ3) is 1.62. The summed E-state index contributed by atoms with van der Waals surface area (Å²) in [5.41, 5.74) is 6.27. The fourth-order valence-electron chi connectivity index (χ4n) is 0.839. The van der Waals surface area contributed by atoms with E-state index in [0.717, 1.165) is 5.56 Å². The molecule has 1 aromatic rings. The van der Waals surface area contributed by atoms with Gasteiger partial charge in [-0.3, -0.25) is 5.11 Å². The van der Waals surface area contributed by atoms with Crippen molar-refractivity contribution >= 4 is 0 Å². The molecule has 0 aliphatic rings. The highest BCUT2D eigenvalue weighted by molar-refractivity contribution is 5.41. The molecule has 0 aliphatic carbocycles. The van der Waals surface area contributed by atoms with E-state index >= 15 is 0 Å². The number of hydrogen-bond donors (Lipinski definition) is 1. The molecule has 0 aliphatic heterocycles. The van der Waals surface area contributed by atoms with E-state index in [4.69, 9.17) is 10.5 Å². The number of rotatable bonds is 2. The standard InChI is InChI=1S/C8H10NO2/c1-11-8-4-6(5-9)2-3-7(8)10/h2-4H,5,9H2,1H3. The highest BCUT2D eigenvalue weighted by atomic mass is 16.5. The van der Waals surface area contributed by atoms with Gasteiger partial charge in [0, 0.05) is 6.54 Å². The lowest BCUT2D eigenvalue weighted by Crippen LogP contribution is -1.96. The third-order valence-electron chi connectivity index (χ3n) is 1.46. The van der Waals surface area contributed by atoms with Gasteiger partial charge < -0.3 is 10.5 Å². The minimum absolute atomic E-state index is 0.107. The fraction of sp³-hybridized carbons (Fsp3) is 0.250. The van der Waals surface area contributed by atoms with Crippen molar-refractivity contribution in [2.45, 2.75) is 6.54 Å². The van der Waals surface area contributed by atoms with Crippen LogP contribution in [0, 0.1) is 0 Å². The lowest BCUT2D eigenvalue weighted by Gasteiger charge is -2.02. The molecule has 1 radical (unpaired) electrons. The van der Waals surface area contributed by atoms with Crippen LogP contribution in [0.2, 0.25) is 0 Å². The number of methoxy groups -OCH3 is 1. The molecule has 3 heteroatoms. The van der Waals surface area contributed by atoms with E-state index in [-0.39, 0.29) is 5.75 Å². The highest BCUT2D eigenvalue weighted by Gasteiger charge is 2.02. The Hall–Kier alpha value is -1.22. The summed E-state index contributed by atoms with van der Waals surface area (Å²) in [6.45, 7) is 0.427. The van der Waals surface area contributed by atoms with Crippen LogP contribution in [-0.4, -0.2) is 7.11 Å². The monoisotopic (exact) mass is 152 g/mol. The highest BCUT2D eigenvalue weighted by Crippen LogP contribution is 2.26. The van der Waals surface area contributed by atoms with E-state index in [1.54, 1.807) is 12.1 Å². The van der Waals surface area contributed by atoms with Crippen LogP contribution in [0.1, 0.15) is 5.56 Å². The molecule has 0 bridgehead atoms. The van der Waals surface area contributed by atoms with Crippen molar-refractivity contribution in [3.63, 3.8) is 0 Å². The summed E-state index contributed by atoms with van der Waals surface area (Å²) in [6.07, 6.45) is 0.